The minimum Gasteiger partial charge on any atom is -0.326 e. The molecule has 0 spiro atoms. The average molecular weight is 291 g/mol. The summed E-state index contributed by atoms with van der Waals surface area (Å²) in [6, 6.07) is 19.4. The monoisotopic (exact) mass is 291 g/mol. The van der Waals surface area contributed by atoms with E-state index in [1.54, 1.807) is 4.68 Å². The van der Waals surface area contributed by atoms with Crippen LogP contribution in [0, 0.1) is 0 Å². The van der Waals surface area contributed by atoms with Gasteiger partial charge in [0.15, 0.2) is 0 Å². The van der Waals surface area contributed by atoms with Crippen molar-refractivity contribution in [3.8, 4) is 11.3 Å². The maximum Gasteiger partial charge on any atom is 0.228 e. The van der Waals surface area contributed by atoms with Crippen molar-refractivity contribution in [3.05, 3.63) is 72.4 Å². The van der Waals surface area contributed by atoms with Crippen molar-refractivity contribution in [1.82, 2.24) is 9.78 Å². The minimum atomic E-state index is -0.0169. The van der Waals surface area contributed by atoms with Gasteiger partial charge in [-0.15, -0.1) is 0 Å². The third-order valence-corrected chi connectivity index (χ3v) is 3.39. The fraction of sp³-hybridized carbons (Fsp3) is 0.111. The summed E-state index contributed by atoms with van der Waals surface area (Å²) in [5.74, 6) is -0.0169. The third-order valence-electron chi connectivity index (χ3n) is 3.39. The summed E-state index contributed by atoms with van der Waals surface area (Å²) in [7, 11) is 1.89. The summed E-state index contributed by atoms with van der Waals surface area (Å²) in [6.45, 7) is 0. The van der Waals surface area contributed by atoms with Gasteiger partial charge in [0.25, 0.3) is 0 Å². The Kier molecular flexibility index (Phi) is 4.01. The molecular formula is C18H17N3O. The lowest BCUT2D eigenvalue weighted by molar-refractivity contribution is -0.115. The summed E-state index contributed by atoms with van der Waals surface area (Å²) in [6.07, 6.45) is 2.29. The molecule has 22 heavy (non-hydrogen) atoms. The number of anilines is 1. The van der Waals surface area contributed by atoms with Crippen LogP contribution in [-0.2, 0) is 18.3 Å². The van der Waals surface area contributed by atoms with Crippen LogP contribution in [0.15, 0.2) is 66.9 Å². The van der Waals surface area contributed by atoms with Crippen LogP contribution in [0.4, 0.5) is 5.69 Å². The number of aromatic nitrogens is 2. The van der Waals surface area contributed by atoms with Crippen molar-refractivity contribution < 1.29 is 4.79 Å². The minimum absolute atomic E-state index is 0.0169. The molecule has 1 N–H and O–H groups in total. The highest BCUT2D eigenvalue weighted by atomic mass is 16.1. The van der Waals surface area contributed by atoms with E-state index in [2.05, 4.69) is 10.4 Å². The highest BCUT2D eigenvalue weighted by molar-refractivity contribution is 5.92. The van der Waals surface area contributed by atoms with E-state index in [4.69, 9.17) is 0 Å². The zero-order valence-corrected chi connectivity index (χ0v) is 12.4. The molecule has 0 saturated carbocycles. The average Bonchev–Trinajstić information content (AvgIpc) is 2.95. The molecule has 0 unspecified atom stereocenters. The molecule has 1 aromatic heterocycles. The lowest BCUT2D eigenvalue weighted by Crippen LogP contribution is -2.14. The molecule has 1 amide bonds. The van der Waals surface area contributed by atoms with Gasteiger partial charge in [0, 0.05) is 24.5 Å². The standard InChI is InChI=1S/C18H17N3O/c1-21-12-11-17(20-21)15-7-9-16(10-8-15)19-18(22)13-14-5-3-2-4-6-14/h2-12H,13H2,1H3,(H,19,22). The Morgan fingerprint density at radius 3 is 2.41 bits per heavy atom. The maximum absolute atomic E-state index is 12.0. The number of rotatable bonds is 4. The largest absolute Gasteiger partial charge is 0.326 e. The number of carbonyl (C=O) groups is 1. The molecule has 2 aromatic carbocycles. The molecule has 0 aliphatic carbocycles. The molecule has 0 bridgehead atoms. The Morgan fingerprint density at radius 2 is 1.77 bits per heavy atom. The number of benzene rings is 2. The van der Waals surface area contributed by atoms with Crippen molar-refractivity contribution >= 4 is 11.6 Å². The van der Waals surface area contributed by atoms with E-state index >= 15 is 0 Å². The van der Waals surface area contributed by atoms with Crippen LogP contribution in [0.25, 0.3) is 11.3 Å². The first-order chi connectivity index (χ1) is 10.7. The SMILES string of the molecule is Cn1ccc(-c2ccc(NC(=O)Cc3ccccc3)cc2)n1. The van der Waals surface area contributed by atoms with Gasteiger partial charge in [-0.25, -0.2) is 0 Å². The molecule has 0 aliphatic rings. The molecule has 1 heterocycles. The second-order valence-electron chi connectivity index (χ2n) is 5.16. The summed E-state index contributed by atoms with van der Waals surface area (Å²) < 4.78 is 1.77. The Labute approximate surface area is 129 Å². The third kappa shape index (κ3) is 3.41. The molecule has 4 nitrogen and oxygen atoms in total. The molecular weight excluding hydrogens is 274 g/mol. The normalized spacial score (nSPS) is 10.4. The zero-order chi connectivity index (χ0) is 15.4. The van der Waals surface area contributed by atoms with Gasteiger partial charge in [0.05, 0.1) is 12.1 Å². The Balaban J connectivity index is 1.65. The Bertz CT molecular complexity index is 761. The highest BCUT2D eigenvalue weighted by Gasteiger charge is 2.05. The van der Waals surface area contributed by atoms with Gasteiger partial charge in [0.2, 0.25) is 5.91 Å². The molecule has 0 atom stereocenters. The smallest absolute Gasteiger partial charge is 0.228 e. The molecule has 0 aliphatic heterocycles. The molecule has 4 heteroatoms. The first-order valence-electron chi connectivity index (χ1n) is 7.14. The molecule has 0 saturated heterocycles. The molecule has 110 valence electrons. The van der Waals surface area contributed by atoms with Crippen LogP contribution in [0.2, 0.25) is 0 Å². The van der Waals surface area contributed by atoms with Crippen LogP contribution < -0.4 is 5.32 Å². The molecule has 3 rings (SSSR count). The Morgan fingerprint density at radius 1 is 1.05 bits per heavy atom. The first kappa shape index (κ1) is 14.1. The predicted octanol–water partition coefficient (Wildman–Crippen LogP) is 3.27. The van der Waals surface area contributed by atoms with Gasteiger partial charge in [-0.05, 0) is 23.8 Å². The molecule has 0 radical (unpaired) electrons. The fourth-order valence-electron chi connectivity index (χ4n) is 2.28. The van der Waals surface area contributed by atoms with Crippen molar-refractivity contribution in [3.63, 3.8) is 0 Å². The highest BCUT2D eigenvalue weighted by Crippen LogP contribution is 2.19. The van der Waals surface area contributed by atoms with E-state index in [0.717, 1.165) is 22.5 Å². The maximum atomic E-state index is 12.0. The van der Waals surface area contributed by atoms with Gasteiger partial charge in [-0.1, -0.05) is 42.5 Å². The molecule has 3 aromatic rings. The van der Waals surface area contributed by atoms with E-state index in [0.29, 0.717) is 6.42 Å². The lowest BCUT2D eigenvalue weighted by Gasteiger charge is -2.06. The van der Waals surface area contributed by atoms with Crippen LogP contribution in [0.5, 0.6) is 0 Å². The van der Waals surface area contributed by atoms with Gasteiger partial charge < -0.3 is 5.32 Å². The van der Waals surface area contributed by atoms with E-state index in [-0.39, 0.29) is 5.91 Å². The number of amides is 1. The van der Waals surface area contributed by atoms with E-state index in [1.807, 2.05) is 73.9 Å². The van der Waals surface area contributed by atoms with E-state index in [9.17, 15) is 4.79 Å². The van der Waals surface area contributed by atoms with E-state index in [1.165, 1.54) is 0 Å². The first-order valence-corrected chi connectivity index (χ1v) is 7.14. The summed E-state index contributed by atoms with van der Waals surface area (Å²) in [5.41, 5.74) is 3.75. The van der Waals surface area contributed by atoms with Crippen molar-refractivity contribution in [2.75, 3.05) is 5.32 Å². The molecule has 0 fully saturated rings. The number of nitrogens with one attached hydrogen (secondary N) is 1. The lowest BCUT2D eigenvalue weighted by atomic mass is 10.1. The number of carbonyl (C=O) groups excluding carboxylic acids is 1. The van der Waals surface area contributed by atoms with Crippen molar-refractivity contribution in [1.29, 1.82) is 0 Å². The van der Waals surface area contributed by atoms with Crippen LogP contribution >= 0.6 is 0 Å². The van der Waals surface area contributed by atoms with Gasteiger partial charge in [0.1, 0.15) is 0 Å². The van der Waals surface area contributed by atoms with Crippen molar-refractivity contribution in [2.24, 2.45) is 7.05 Å². The predicted molar refractivity (Wildman–Crippen MR) is 87.4 cm³/mol. The van der Waals surface area contributed by atoms with Crippen LogP contribution in [0.1, 0.15) is 5.56 Å². The van der Waals surface area contributed by atoms with Gasteiger partial charge >= 0.3 is 0 Å². The number of hydrogen-bond acceptors (Lipinski definition) is 2. The topological polar surface area (TPSA) is 46.9 Å². The van der Waals surface area contributed by atoms with Gasteiger partial charge in [-0.2, -0.15) is 5.10 Å². The quantitative estimate of drug-likeness (QED) is 0.802. The van der Waals surface area contributed by atoms with Crippen molar-refractivity contribution in [2.45, 2.75) is 6.42 Å². The Hall–Kier alpha value is -2.88. The van der Waals surface area contributed by atoms with Crippen LogP contribution in [-0.4, -0.2) is 15.7 Å². The summed E-state index contributed by atoms with van der Waals surface area (Å²) in [4.78, 5) is 12.0. The van der Waals surface area contributed by atoms with Crippen LogP contribution in [0.3, 0.4) is 0 Å². The fourth-order valence-corrected chi connectivity index (χ4v) is 2.28. The van der Waals surface area contributed by atoms with E-state index < -0.39 is 0 Å². The zero-order valence-electron chi connectivity index (χ0n) is 12.4. The number of aryl methyl sites for hydroxylation is 1. The summed E-state index contributed by atoms with van der Waals surface area (Å²) in [5, 5.41) is 7.27. The second-order valence-corrected chi connectivity index (χ2v) is 5.16. The summed E-state index contributed by atoms with van der Waals surface area (Å²) >= 11 is 0. The number of hydrogen-bond donors (Lipinski definition) is 1. The van der Waals surface area contributed by atoms with Gasteiger partial charge in [-0.3, -0.25) is 9.48 Å². The number of nitrogens with zero attached hydrogens (tertiary/aromatic N) is 2. The second kappa shape index (κ2) is 6.26.